The van der Waals surface area contributed by atoms with E-state index in [-0.39, 0.29) is 5.69 Å². The fraction of sp³-hybridized carbons (Fsp3) is 0. The number of nitrogens with one attached hydrogen (secondary N) is 2. The lowest BCUT2D eigenvalue weighted by molar-refractivity contribution is -0.387. The Morgan fingerprint density at radius 1 is 1.08 bits per heavy atom. The second-order valence-corrected chi connectivity index (χ2v) is 6.36. The number of hydrogen-bond acceptors (Lipinski definition) is 6. The maximum Gasteiger partial charge on any atom is 0.289 e. The molecule has 1 aromatic heterocycles. The van der Waals surface area contributed by atoms with Crippen molar-refractivity contribution < 1.29 is 13.3 Å². The maximum absolute atomic E-state index is 12.6. The number of para-hydroxylation sites is 2. The van der Waals surface area contributed by atoms with E-state index in [9.17, 15) is 18.5 Å². The number of nitrogens with zero attached hydrogens (tertiary/aromatic N) is 3. The summed E-state index contributed by atoms with van der Waals surface area (Å²) >= 11 is 0. The number of hydrogen-bond donors (Lipinski definition) is 2. The van der Waals surface area contributed by atoms with Gasteiger partial charge in [-0.15, -0.1) is 0 Å². The summed E-state index contributed by atoms with van der Waals surface area (Å²) in [5.41, 5.74) is 0.201. The van der Waals surface area contributed by atoms with Crippen LogP contribution in [0.25, 0.3) is 11.4 Å². The van der Waals surface area contributed by atoms with Gasteiger partial charge in [0.1, 0.15) is 6.33 Å². The van der Waals surface area contributed by atoms with Gasteiger partial charge in [0.2, 0.25) is 0 Å². The normalized spacial score (nSPS) is 11.2. The predicted molar refractivity (Wildman–Crippen MR) is 85.7 cm³/mol. The zero-order valence-electron chi connectivity index (χ0n) is 12.1. The molecule has 0 amide bonds. The van der Waals surface area contributed by atoms with Crippen molar-refractivity contribution in [2.24, 2.45) is 0 Å². The third kappa shape index (κ3) is 2.94. The Morgan fingerprint density at radius 3 is 2.50 bits per heavy atom. The Kier molecular flexibility index (Phi) is 3.96. The first-order valence-corrected chi connectivity index (χ1v) is 8.18. The Bertz CT molecular complexity index is 986. The van der Waals surface area contributed by atoms with Crippen molar-refractivity contribution in [2.75, 3.05) is 4.72 Å². The molecular weight excluding hydrogens is 334 g/mol. The molecular formula is C14H11N5O4S. The van der Waals surface area contributed by atoms with E-state index in [1.54, 1.807) is 18.2 Å². The molecule has 0 aliphatic rings. The molecule has 0 atom stereocenters. The second-order valence-electron chi connectivity index (χ2n) is 4.71. The number of aromatic amines is 1. The summed E-state index contributed by atoms with van der Waals surface area (Å²) in [6.07, 6.45) is 1.29. The van der Waals surface area contributed by atoms with Gasteiger partial charge >= 0.3 is 0 Å². The number of nitro groups is 1. The number of rotatable bonds is 5. The zero-order valence-corrected chi connectivity index (χ0v) is 12.9. The van der Waals surface area contributed by atoms with Crippen LogP contribution >= 0.6 is 0 Å². The van der Waals surface area contributed by atoms with E-state index in [4.69, 9.17) is 0 Å². The van der Waals surface area contributed by atoms with Gasteiger partial charge in [0.15, 0.2) is 10.7 Å². The molecule has 3 aromatic rings. The van der Waals surface area contributed by atoms with Gasteiger partial charge in [-0.3, -0.25) is 19.9 Å². The first-order chi connectivity index (χ1) is 11.5. The van der Waals surface area contributed by atoms with Crippen LogP contribution in [0, 0.1) is 10.1 Å². The van der Waals surface area contributed by atoms with Crippen molar-refractivity contribution in [1.82, 2.24) is 15.2 Å². The monoisotopic (exact) mass is 345 g/mol. The largest absolute Gasteiger partial charge is 0.289 e. The van der Waals surface area contributed by atoms with Crippen LogP contribution in [-0.2, 0) is 10.0 Å². The smallest absolute Gasteiger partial charge is 0.279 e. The average molecular weight is 345 g/mol. The highest BCUT2D eigenvalue weighted by Gasteiger charge is 2.26. The fourth-order valence-corrected chi connectivity index (χ4v) is 3.40. The molecule has 0 fully saturated rings. The van der Waals surface area contributed by atoms with E-state index in [0.29, 0.717) is 11.4 Å². The van der Waals surface area contributed by atoms with E-state index in [1.165, 1.54) is 30.6 Å². The summed E-state index contributed by atoms with van der Waals surface area (Å²) in [6, 6.07) is 11.7. The topological polar surface area (TPSA) is 131 Å². The average Bonchev–Trinajstić information content (AvgIpc) is 3.09. The van der Waals surface area contributed by atoms with Gasteiger partial charge in [-0.1, -0.05) is 24.3 Å². The van der Waals surface area contributed by atoms with Crippen molar-refractivity contribution in [3.05, 3.63) is 65.0 Å². The van der Waals surface area contributed by atoms with Crippen LogP contribution in [0.3, 0.4) is 0 Å². The molecule has 1 heterocycles. The van der Waals surface area contributed by atoms with Gasteiger partial charge in [0.05, 0.1) is 10.6 Å². The number of sulfonamides is 1. The molecule has 3 rings (SSSR count). The summed E-state index contributed by atoms with van der Waals surface area (Å²) in [4.78, 5) is 13.9. The summed E-state index contributed by atoms with van der Waals surface area (Å²) in [5, 5.41) is 17.4. The van der Waals surface area contributed by atoms with Gasteiger partial charge < -0.3 is 0 Å². The number of nitro benzene ring substituents is 1. The number of anilines is 1. The van der Waals surface area contributed by atoms with Crippen LogP contribution < -0.4 is 4.72 Å². The minimum atomic E-state index is -4.16. The lowest BCUT2D eigenvalue weighted by Crippen LogP contribution is -2.15. The van der Waals surface area contributed by atoms with Crippen LogP contribution in [0.2, 0.25) is 0 Å². The molecule has 0 unspecified atom stereocenters. The molecule has 122 valence electrons. The quantitative estimate of drug-likeness (QED) is 0.538. The van der Waals surface area contributed by atoms with Crippen LogP contribution in [0.1, 0.15) is 0 Å². The van der Waals surface area contributed by atoms with Gasteiger partial charge in [0, 0.05) is 11.6 Å². The van der Waals surface area contributed by atoms with Crippen molar-refractivity contribution in [2.45, 2.75) is 4.90 Å². The lowest BCUT2D eigenvalue weighted by atomic mass is 10.2. The standard InChI is InChI=1S/C14H11N5O4S/c20-19(21)12-7-3-4-8-13(12)24(22,23)18-11-6-2-1-5-10(11)14-15-9-16-17-14/h1-9,18H,(H,15,16,17). The third-order valence-electron chi connectivity index (χ3n) is 3.19. The van der Waals surface area contributed by atoms with Gasteiger partial charge in [0.25, 0.3) is 15.7 Å². The first kappa shape index (κ1) is 15.6. The molecule has 0 bridgehead atoms. The van der Waals surface area contributed by atoms with Crippen LogP contribution in [0.4, 0.5) is 11.4 Å². The van der Waals surface area contributed by atoms with Crippen molar-refractivity contribution in [3.8, 4) is 11.4 Å². The molecule has 0 saturated carbocycles. The predicted octanol–water partition coefficient (Wildman–Crippen LogP) is 2.18. The van der Waals surface area contributed by atoms with E-state index in [1.807, 2.05) is 0 Å². The highest BCUT2D eigenvalue weighted by molar-refractivity contribution is 7.92. The minimum Gasteiger partial charge on any atom is -0.279 e. The molecule has 24 heavy (non-hydrogen) atoms. The third-order valence-corrected chi connectivity index (χ3v) is 4.61. The van der Waals surface area contributed by atoms with Gasteiger partial charge in [-0.05, 0) is 18.2 Å². The molecule has 9 nitrogen and oxygen atoms in total. The van der Waals surface area contributed by atoms with Gasteiger partial charge in [-0.25, -0.2) is 13.4 Å². The molecule has 0 spiro atoms. The zero-order chi connectivity index (χ0) is 17.2. The van der Waals surface area contributed by atoms with Crippen molar-refractivity contribution in [3.63, 3.8) is 0 Å². The summed E-state index contributed by atoms with van der Waals surface area (Å²) in [7, 11) is -4.16. The Balaban J connectivity index is 2.05. The summed E-state index contributed by atoms with van der Waals surface area (Å²) < 4.78 is 27.5. The van der Waals surface area contributed by atoms with Crippen molar-refractivity contribution in [1.29, 1.82) is 0 Å². The summed E-state index contributed by atoms with van der Waals surface area (Å²) in [6.45, 7) is 0. The van der Waals surface area contributed by atoms with E-state index >= 15 is 0 Å². The minimum absolute atomic E-state index is 0.229. The Morgan fingerprint density at radius 2 is 1.79 bits per heavy atom. The number of benzene rings is 2. The molecule has 2 N–H and O–H groups in total. The second kappa shape index (κ2) is 6.08. The lowest BCUT2D eigenvalue weighted by Gasteiger charge is -2.11. The Labute approximate surface area is 136 Å². The Hall–Kier alpha value is -3.27. The van der Waals surface area contributed by atoms with Crippen LogP contribution in [0.5, 0.6) is 0 Å². The maximum atomic E-state index is 12.6. The molecule has 10 heteroatoms. The molecule has 0 radical (unpaired) electrons. The molecule has 0 saturated heterocycles. The van der Waals surface area contributed by atoms with Gasteiger partial charge in [-0.2, -0.15) is 5.10 Å². The molecule has 2 aromatic carbocycles. The molecule has 0 aliphatic heterocycles. The van der Waals surface area contributed by atoms with Crippen LogP contribution in [-0.4, -0.2) is 28.5 Å². The van der Waals surface area contributed by atoms with Crippen molar-refractivity contribution >= 4 is 21.4 Å². The van der Waals surface area contributed by atoms with Crippen LogP contribution in [0.15, 0.2) is 59.8 Å². The van der Waals surface area contributed by atoms with E-state index in [0.717, 1.165) is 6.07 Å². The summed E-state index contributed by atoms with van der Waals surface area (Å²) in [5.74, 6) is 0.371. The van der Waals surface area contributed by atoms with E-state index in [2.05, 4.69) is 19.9 Å². The SMILES string of the molecule is O=[N+]([O-])c1ccccc1S(=O)(=O)Nc1ccccc1-c1ncn[nH]1. The first-order valence-electron chi connectivity index (χ1n) is 6.70. The number of H-pyrrole nitrogens is 1. The molecule has 0 aliphatic carbocycles. The number of aromatic nitrogens is 3. The highest BCUT2D eigenvalue weighted by Crippen LogP contribution is 2.29. The fourth-order valence-electron chi connectivity index (χ4n) is 2.15. The van der Waals surface area contributed by atoms with E-state index < -0.39 is 25.5 Å². The highest BCUT2D eigenvalue weighted by atomic mass is 32.2.